The molecular formula is C20H23NO4. The zero-order chi connectivity index (χ0) is 17.7. The van der Waals surface area contributed by atoms with Crippen molar-refractivity contribution in [3.8, 4) is 5.75 Å². The second-order valence-corrected chi connectivity index (χ2v) is 6.42. The molecule has 3 rings (SSSR count). The molecule has 0 amide bonds. The van der Waals surface area contributed by atoms with Crippen molar-refractivity contribution in [2.24, 2.45) is 5.92 Å². The van der Waals surface area contributed by atoms with Crippen molar-refractivity contribution in [2.45, 2.75) is 18.4 Å². The number of piperidine rings is 1. The summed E-state index contributed by atoms with van der Waals surface area (Å²) in [5.74, 6) is -0.310. The lowest BCUT2D eigenvalue weighted by molar-refractivity contribution is -0.163. The number of carbonyl (C=O) groups excluding carboxylic acids is 1. The standard InChI is InChI=1S/C20H23NO4/c22-18-8-6-17(7-9-18)20(24,16-4-2-1-3-5-16)19(23)25-14-15-10-12-21-13-11-15/h1-9,15,21-22,24H,10-14H2. The zero-order valence-corrected chi connectivity index (χ0v) is 14.0. The lowest BCUT2D eigenvalue weighted by atomic mass is 9.86. The molecule has 1 aliphatic heterocycles. The van der Waals surface area contributed by atoms with Crippen LogP contribution in [0.3, 0.4) is 0 Å². The highest BCUT2D eigenvalue weighted by Gasteiger charge is 2.42. The van der Waals surface area contributed by atoms with Crippen LogP contribution in [0.5, 0.6) is 5.75 Å². The van der Waals surface area contributed by atoms with Crippen LogP contribution in [0.15, 0.2) is 54.6 Å². The number of carbonyl (C=O) groups is 1. The molecule has 1 atom stereocenters. The fourth-order valence-corrected chi connectivity index (χ4v) is 3.13. The highest BCUT2D eigenvalue weighted by atomic mass is 16.5. The maximum absolute atomic E-state index is 12.8. The second kappa shape index (κ2) is 7.68. The first-order chi connectivity index (χ1) is 12.1. The van der Waals surface area contributed by atoms with E-state index in [2.05, 4.69) is 5.32 Å². The normalized spacial score (nSPS) is 17.6. The molecule has 2 aromatic rings. The van der Waals surface area contributed by atoms with Gasteiger partial charge in [0.1, 0.15) is 5.75 Å². The summed E-state index contributed by atoms with van der Waals surface area (Å²) < 4.78 is 5.51. The molecule has 1 saturated heterocycles. The molecule has 1 heterocycles. The Hall–Kier alpha value is -2.37. The van der Waals surface area contributed by atoms with Gasteiger partial charge in [-0.1, -0.05) is 42.5 Å². The summed E-state index contributed by atoms with van der Waals surface area (Å²) in [6.07, 6.45) is 1.91. The van der Waals surface area contributed by atoms with Crippen LogP contribution in [-0.2, 0) is 15.1 Å². The molecule has 0 saturated carbocycles. The number of benzene rings is 2. The summed E-state index contributed by atoms with van der Waals surface area (Å²) in [6, 6.07) is 14.7. The van der Waals surface area contributed by atoms with E-state index in [-0.39, 0.29) is 5.75 Å². The van der Waals surface area contributed by atoms with Gasteiger partial charge < -0.3 is 20.3 Å². The van der Waals surface area contributed by atoms with Crippen molar-refractivity contribution >= 4 is 5.97 Å². The first kappa shape index (κ1) is 17.5. The Labute approximate surface area is 147 Å². The second-order valence-electron chi connectivity index (χ2n) is 6.42. The SMILES string of the molecule is O=C(OCC1CCNCC1)C(O)(c1ccccc1)c1ccc(O)cc1. The molecule has 0 bridgehead atoms. The van der Waals surface area contributed by atoms with Crippen molar-refractivity contribution < 1.29 is 19.7 Å². The van der Waals surface area contributed by atoms with E-state index in [4.69, 9.17) is 4.74 Å². The molecule has 0 spiro atoms. The van der Waals surface area contributed by atoms with Crippen molar-refractivity contribution in [1.82, 2.24) is 5.32 Å². The Morgan fingerprint density at radius 1 is 1.04 bits per heavy atom. The van der Waals surface area contributed by atoms with Gasteiger partial charge in [-0.15, -0.1) is 0 Å². The largest absolute Gasteiger partial charge is 0.508 e. The first-order valence-corrected chi connectivity index (χ1v) is 8.56. The highest BCUT2D eigenvalue weighted by Crippen LogP contribution is 2.32. The number of phenols is 1. The quantitative estimate of drug-likeness (QED) is 0.727. The molecule has 1 fully saturated rings. The van der Waals surface area contributed by atoms with Crippen LogP contribution in [0.25, 0.3) is 0 Å². The van der Waals surface area contributed by atoms with E-state index in [1.807, 2.05) is 6.07 Å². The van der Waals surface area contributed by atoms with E-state index in [9.17, 15) is 15.0 Å². The minimum atomic E-state index is -1.90. The molecule has 2 aromatic carbocycles. The predicted molar refractivity (Wildman–Crippen MR) is 94.1 cm³/mol. The average Bonchev–Trinajstić information content (AvgIpc) is 2.67. The van der Waals surface area contributed by atoms with Gasteiger partial charge >= 0.3 is 5.97 Å². The van der Waals surface area contributed by atoms with Crippen molar-refractivity contribution in [3.05, 3.63) is 65.7 Å². The molecule has 0 radical (unpaired) electrons. The van der Waals surface area contributed by atoms with Gasteiger partial charge in [-0.05, 0) is 55.1 Å². The van der Waals surface area contributed by atoms with E-state index in [1.54, 1.807) is 24.3 Å². The van der Waals surface area contributed by atoms with Crippen molar-refractivity contribution in [3.63, 3.8) is 0 Å². The molecule has 5 nitrogen and oxygen atoms in total. The third-order valence-electron chi connectivity index (χ3n) is 4.68. The number of hydrogen-bond acceptors (Lipinski definition) is 5. The lowest BCUT2D eigenvalue weighted by Gasteiger charge is -2.29. The Balaban J connectivity index is 1.85. The monoisotopic (exact) mass is 341 g/mol. The zero-order valence-electron chi connectivity index (χ0n) is 14.0. The summed E-state index contributed by atoms with van der Waals surface area (Å²) in [4.78, 5) is 12.8. The highest BCUT2D eigenvalue weighted by molar-refractivity contribution is 5.85. The number of rotatable bonds is 5. The summed E-state index contributed by atoms with van der Waals surface area (Å²) in [6.45, 7) is 2.14. The Morgan fingerprint density at radius 2 is 1.64 bits per heavy atom. The van der Waals surface area contributed by atoms with Crippen LogP contribution in [0.4, 0.5) is 0 Å². The van der Waals surface area contributed by atoms with Gasteiger partial charge in [0.05, 0.1) is 6.61 Å². The molecule has 0 aromatic heterocycles. The summed E-state index contributed by atoms with van der Waals surface area (Å²) in [7, 11) is 0. The van der Waals surface area contributed by atoms with Gasteiger partial charge in [0, 0.05) is 0 Å². The van der Waals surface area contributed by atoms with Gasteiger partial charge in [0.15, 0.2) is 0 Å². The smallest absolute Gasteiger partial charge is 0.347 e. The third kappa shape index (κ3) is 3.83. The first-order valence-electron chi connectivity index (χ1n) is 8.56. The number of hydrogen-bond donors (Lipinski definition) is 3. The van der Waals surface area contributed by atoms with Crippen LogP contribution in [-0.4, -0.2) is 35.9 Å². The number of aliphatic hydroxyl groups is 1. The maximum Gasteiger partial charge on any atom is 0.347 e. The Kier molecular flexibility index (Phi) is 5.36. The van der Waals surface area contributed by atoms with Crippen molar-refractivity contribution in [2.75, 3.05) is 19.7 Å². The van der Waals surface area contributed by atoms with Crippen LogP contribution in [0.2, 0.25) is 0 Å². The molecule has 5 heteroatoms. The van der Waals surface area contributed by atoms with Crippen LogP contribution >= 0.6 is 0 Å². The minimum Gasteiger partial charge on any atom is -0.508 e. The van der Waals surface area contributed by atoms with E-state index >= 15 is 0 Å². The molecule has 0 aliphatic carbocycles. The van der Waals surface area contributed by atoms with E-state index in [0.29, 0.717) is 23.7 Å². The average molecular weight is 341 g/mol. The summed E-state index contributed by atoms with van der Waals surface area (Å²) in [5.41, 5.74) is -1.09. The molecule has 1 aliphatic rings. The predicted octanol–water partition coefficient (Wildman–Crippen LogP) is 2.17. The van der Waals surface area contributed by atoms with E-state index in [0.717, 1.165) is 25.9 Å². The number of esters is 1. The Bertz CT molecular complexity index is 695. The fourth-order valence-electron chi connectivity index (χ4n) is 3.13. The number of ether oxygens (including phenoxy) is 1. The van der Waals surface area contributed by atoms with E-state index < -0.39 is 11.6 Å². The number of nitrogens with one attached hydrogen (secondary N) is 1. The lowest BCUT2D eigenvalue weighted by Crippen LogP contribution is -2.40. The van der Waals surface area contributed by atoms with Gasteiger partial charge in [-0.2, -0.15) is 0 Å². The van der Waals surface area contributed by atoms with Crippen LogP contribution in [0.1, 0.15) is 24.0 Å². The number of aromatic hydroxyl groups is 1. The van der Waals surface area contributed by atoms with Gasteiger partial charge in [0.2, 0.25) is 5.60 Å². The summed E-state index contributed by atoms with van der Waals surface area (Å²) >= 11 is 0. The summed E-state index contributed by atoms with van der Waals surface area (Å²) in [5, 5.41) is 24.1. The Morgan fingerprint density at radius 3 is 2.28 bits per heavy atom. The minimum absolute atomic E-state index is 0.0715. The van der Waals surface area contributed by atoms with Gasteiger partial charge in [-0.3, -0.25) is 0 Å². The van der Waals surface area contributed by atoms with E-state index in [1.165, 1.54) is 24.3 Å². The maximum atomic E-state index is 12.8. The van der Waals surface area contributed by atoms with Gasteiger partial charge in [-0.25, -0.2) is 4.79 Å². The van der Waals surface area contributed by atoms with Crippen LogP contribution in [0, 0.1) is 5.92 Å². The fraction of sp³-hybridized carbons (Fsp3) is 0.350. The topological polar surface area (TPSA) is 78.8 Å². The van der Waals surface area contributed by atoms with Crippen molar-refractivity contribution in [1.29, 1.82) is 0 Å². The third-order valence-corrected chi connectivity index (χ3v) is 4.68. The molecule has 25 heavy (non-hydrogen) atoms. The molecule has 1 unspecified atom stereocenters. The molecule has 132 valence electrons. The van der Waals surface area contributed by atoms with Gasteiger partial charge in [0.25, 0.3) is 0 Å². The molecular weight excluding hydrogens is 318 g/mol. The van der Waals surface area contributed by atoms with Crippen LogP contribution < -0.4 is 5.32 Å². The number of phenolic OH excluding ortho intramolecular Hbond substituents is 1. The molecule has 3 N–H and O–H groups in total.